The molecule has 0 aliphatic carbocycles. The number of hydrogen-bond acceptors (Lipinski definition) is 7. The highest BCUT2D eigenvalue weighted by Gasteiger charge is 2.35. The first-order valence-corrected chi connectivity index (χ1v) is 12.3. The van der Waals surface area contributed by atoms with E-state index in [1.165, 1.54) is 41.0 Å². The van der Waals surface area contributed by atoms with Gasteiger partial charge in [-0.2, -0.15) is 0 Å². The number of para-hydroxylation sites is 1. The number of rotatable bonds is 7. The van der Waals surface area contributed by atoms with Crippen molar-refractivity contribution in [2.45, 2.75) is 0 Å². The Bertz CT molecular complexity index is 1610. The molecule has 0 saturated heterocycles. The second kappa shape index (κ2) is 10.7. The van der Waals surface area contributed by atoms with Crippen molar-refractivity contribution in [3.05, 3.63) is 112 Å². The maximum absolute atomic E-state index is 13.3. The van der Waals surface area contributed by atoms with Crippen molar-refractivity contribution in [2.24, 2.45) is 4.99 Å². The maximum atomic E-state index is 13.3. The van der Waals surface area contributed by atoms with E-state index in [-0.39, 0.29) is 22.3 Å². The number of nitrogens with one attached hydrogen (secondary N) is 1. The van der Waals surface area contributed by atoms with Crippen LogP contribution in [0.2, 0.25) is 0 Å². The van der Waals surface area contributed by atoms with Gasteiger partial charge in [0.1, 0.15) is 17.3 Å². The van der Waals surface area contributed by atoms with E-state index in [0.717, 1.165) is 11.8 Å². The number of aromatic nitrogens is 2. The predicted molar refractivity (Wildman–Crippen MR) is 140 cm³/mol. The van der Waals surface area contributed by atoms with Crippen LogP contribution in [0.15, 0.2) is 98.9 Å². The molecule has 0 bridgehead atoms. The van der Waals surface area contributed by atoms with Crippen molar-refractivity contribution in [3.8, 4) is 11.4 Å². The second-order valence-corrected chi connectivity index (χ2v) is 8.97. The second-order valence-electron chi connectivity index (χ2n) is 8.03. The molecule has 1 aliphatic heterocycles. The fraction of sp³-hybridized carbons (Fsp3) is 0.0741. The number of amidine groups is 1. The van der Waals surface area contributed by atoms with Gasteiger partial charge >= 0.3 is 11.3 Å². The summed E-state index contributed by atoms with van der Waals surface area (Å²) in [5.74, 6) is -0.906. The number of amides is 1. The van der Waals surface area contributed by atoms with E-state index < -0.39 is 23.1 Å². The van der Waals surface area contributed by atoms with Crippen LogP contribution in [0.3, 0.4) is 0 Å². The van der Waals surface area contributed by atoms with E-state index in [0.29, 0.717) is 22.7 Å². The minimum absolute atomic E-state index is 0.130. The lowest BCUT2D eigenvalue weighted by atomic mass is 10.2. The third-order valence-corrected chi connectivity index (χ3v) is 6.53. The molecule has 9 nitrogen and oxygen atoms in total. The first-order valence-electron chi connectivity index (χ1n) is 11.3. The normalized spacial score (nSPS) is 14.2. The van der Waals surface area contributed by atoms with Gasteiger partial charge in [0.15, 0.2) is 5.17 Å². The minimum atomic E-state index is -0.826. The van der Waals surface area contributed by atoms with Crippen molar-refractivity contribution in [3.63, 3.8) is 0 Å². The molecule has 5 rings (SSSR count). The molecule has 0 fully saturated rings. The fourth-order valence-electron chi connectivity index (χ4n) is 3.74. The fourth-order valence-corrected chi connectivity index (χ4v) is 4.61. The molecule has 0 atom stereocenters. The number of anilines is 1. The quantitative estimate of drug-likeness (QED) is 0.221. The Labute approximate surface area is 219 Å². The van der Waals surface area contributed by atoms with Crippen LogP contribution < -0.4 is 19.9 Å². The van der Waals surface area contributed by atoms with Crippen molar-refractivity contribution >= 4 is 40.4 Å². The Hall–Kier alpha value is -4.77. The summed E-state index contributed by atoms with van der Waals surface area (Å²) < 4.78 is 24.6. The van der Waals surface area contributed by atoms with Crippen LogP contribution in [0.4, 0.5) is 10.1 Å². The van der Waals surface area contributed by atoms with E-state index >= 15 is 0 Å². The summed E-state index contributed by atoms with van der Waals surface area (Å²) in [5.41, 5.74) is 0.750. The standard InChI is InChI=1S/C27H19FN4O5S/c1-36-21-13-11-20(12-14-21)32-24(26(35)37-30-32)23(33)16-38-27-29-22(15-17-7-9-18(28)10-8-17)25(34)31(27)19-5-3-2-4-6-19/h2-15H,16H2,1H3/p+1/b22-15+. The molecule has 1 aromatic heterocycles. The highest BCUT2D eigenvalue weighted by molar-refractivity contribution is 8.14. The molecule has 11 heteroatoms. The summed E-state index contributed by atoms with van der Waals surface area (Å²) in [5, 5.41) is 2.71. The van der Waals surface area contributed by atoms with Gasteiger partial charge in [-0.1, -0.05) is 42.1 Å². The number of thioether (sulfide) groups is 1. The SMILES string of the molecule is COc1ccc(-[n+]2[nH]oc(=O)c2C(=O)CSC2=N/C(=C/c3ccc(F)cc3)C(=O)N2c2ccccc2)cc1. The van der Waals surface area contributed by atoms with Gasteiger partial charge in [0.2, 0.25) is 11.5 Å². The predicted octanol–water partition coefficient (Wildman–Crippen LogP) is 3.75. The average molecular weight is 532 g/mol. The van der Waals surface area contributed by atoms with Crippen molar-refractivity contribution < 1.29 is 27.9 Å². The zero-order valence-corrected chi connectivity index (χ0v) is 20.8. The molecule has 190 valence electrons. The first kappa shape index (κ1) is 24.9. The molecule has 0 radical (unpaired) electrons. The molecule has 3 aromatic carbocycles. The minimum Gasteiger partial charge on any atom is -0.497 e. The van der Waals surface area contributed by atoms with Gasteiger partial charge in [-0.15, -0.1) is 0 Å². The molecule has 1 aliphatic rings. The molecule has 1 amide bonds. The van der Waals surface area contributed by atoms with Gasteiger partial charge in [0.05, 0.1) is 18.6 Å². The van der Waals surface area contributed by atoms with Crippen molar-refractivity contribution in [1.29, 1.82) is 0 Å². The number of ether oxygens (including phenoxy) is 1. The lowest BCUT2D eigenvalue weighted by Gasteiger charge is -2.17. The number of hydrogen-bond donors (Lipinski definition) is 1. The molecule has 1 N–H and O–H groups in total. The van der Waals surface area contributed by atoms with Crippen LogP contribution in [0, 0.1) is 5.82 Å². The Kier molecular flexibility index (Phi) is 7.00. The average Bonchev–Trinajstić information content (AvgIpc) is 3.48. The third kappa shape index (κ3) is 5.04. The number of methoxy groups -OCH3 is 1. The number of H-pyrrole nitrogens is 1. The monoisotopic (exact) mass is 531 g/mol. The van der Waals surface area contributed by atoms with Crippen molar-refractivity contribution in [1.82, 2.24) is 5.27 Å². The molecule has 4 aromatic rings. The van der Waals surface area contributed by atoms with Gasteiger partial charge in [0.25, 0.3) is 5.91 Å². The van der Waals surface area contributed by atoms with Gasteiger partial charge < -0.3 is 4.74 Å². The van der Waals surface area contributed by atoms with E-state index in [1.54, 1.807) is 54.6 Å². The van der Waals surface area contributed by atoms with Gasteiger partial charge in [-0.25, -0.2) is 14.2 Å². The van der Waals surface area contributed by atoms with Crippen LogP contribution in [0.25, 0.3) is 11.8 Å². The number of aliphatic imine (C=N–C) groups is 1. The summed E-state index contributed by atoms with van der Waals surface area (Å²) in [6.07, 6.45) is 1.55. The third-order valence-electron chi connectivity index (χ3n) is 5.59. The van der Waals surface area contributed by atoms with Crippen LogP contribution in [0.5, 0.6) is 5.75 Å². The number of halogens is 1. The molecular weight excluding hydrogens is 511 g/mol. The van der Waals surface area contributed by atoms with Gasteiger partial charge in [-0.3, -0.25) is 19.0 Å². The highest BCUT2D eigenvalue weighted by Crippen LogP contribution is 2.29. The Morgan fingerprint density at radius 2 is 1.79 bits per heavy atom. The molecule has 38 heavy (non-hydrogen) atoms. The Morgan fingerprint density at radius 1 is 1.08 bits per heavy atom. The van der Waals surface area contributed by atoms with E-state index in [9.17, 15) is 18.8 Å². The Morgan fingerprint density at radius 3 is 2.47 bits per heavy atom. The van der Waals surface area contributed by atoms with E-state index in [1.807, 2.05) is 6.07 Å². The van der Waals surface area contributed by atoms with E-state index in [4.69, 9.17) is 9.26 Å². The molecule has 2 heterocycles. The summed E-state index contributed by atoms with van der Waals surface area (Å²) in [6, 6.07) is 21.2. The number of carbonyl (C=O) groups is 2. The number of aromatic amines is 1. The van der Waals surface area contributed by atoms with Gasteiger partial charge in [0, 0.05) is 12.1 Å². The van der Waals surface area contributed by atoms with Crippen LogP contribution >= 0.6 is 11.8 Å². The summed E-state index contributed by atoms with van der Waals surface area (Å²) in [6.45, 7) is 0. The lowest BCUT2D eigenvalue weighted by Crippen LogP contribution is -2.41. The number of ketones is 1. The zero-order valence-electron chi connectivity index (χ0n) is 20.0. The van der Waals surface area contributed by atoms with Crippen LogP contribution in [-0.4, -0.2) is 35.0 Å². The van der Waals surface area contributed by atoms with Crippen LogP contribution in [0.1, 0.15) is 16.1 Å². The smallest absolute Gasteiger partial charge is 0.438 e. The number of nitrogens with zero attached hydrogens (tertiary/aromatic N) is 3. The summed E-state index contributed by atoms with van der Waals surface area (Å²) >= 11 is 1.01. The maximum Gasteiger partial charge on any atom is 0.438 e. The first-order chi connectivity index (χ1) is 18.4. The molecule has 0 saturated carbocycles. The van der Waals surface area contributed by atoms with E-state index in [2.05, 4.69) is 10.3 Å². The summed E-state index contributed by atoms with van der Waals surface area (Å²) in [4.78, 5) is 44.7. The zero-order chi connectivity index (χ0) is 26.6. The Balaban J connectivity index is 1.43. The number of benzene rings is 3. The molecular formula is C27H20FN4O5S+. The summed E-state index contributed by atoms with van der Waals surface area (Å²) in [7, 11) is 1.53. The lowest BCUT2D eigenvalue weighted by molar-refractivity contribution is -0.672. The van der Waals surface area contributed by atoms with Crippen LogP contribution in [-0.2, 0) is 4.79 Å². The topological polar surface area (TPSA) is 109 Å². The largest absolute Gasteiger partial charge is 0.497 e. The molecule has 0 unspecified atom stereocenters. The number of Topliss-reactive ketones (excluding diaryl/α,β-unsaturated/α-hetero) is 1. The highest BCUT2D eigenvalue weighted by atomic mass is 32.2. The molecule has 0 spiro atoms. The van der Waals surface area contributed by atoms with Gasteiger partial charge in [-0.05, 0) is 58.0 Å². The number of carbonyl (C=O) groups excluding carboxylic acids is 2. The van der Waals surface area contributed by atoms with Crippen molar-refractivity contribution in [2.75, 3.05) is 17.8 Å².